The SMILES string of the molecule is CCCNCC1CCCN(S(=O)(=O)Nc2cccnc2)C1. The van der Waals surface area contributed by atoms with Crippen LogP contribution in [-0.2, 0) is 10.2 Å². The molecule has 1 saturated heterocycles. The number of rotatable bonds is 7. The van der Waals surface area contributed by atoms with Gasteiger partial charge < -0.3 is 5.32 Å². The molecule has 1 aliphatic heterocycles. The molecule has 0 radical (unpaired) electrons. The second-order valence-electron chi connectivity index (χ2n) is 5.42. The summed E-state index contributed by atoms with van der Waals surface area (Å²) in [7, 11) is -3.48. The summed E-state index contributed by atoms with van der Waals surface area (Å²) in [5.41, 5.74) is 0.503. The maximum atomic E-state index is 12.4. The number of aromatic nitrogens is 1. The van der Waals surface area contributed by atoms with E-state index in [0.29, 0.717) is 24.7 Å². The molecule has 6 nitrogen and oxygen atoms in total. The molecular weight excluding hydrogens is 288 g/mol. The van der Waals surface area contributed by atoms with Crippen LogP contribution in [0.1, 0.15) is 26.2 Å². The molecule has 1 aliphatic rings. The Labute approximate surface area is 127 Å². The molecule has 1 aromatic rings. The van der Waals surface area contributed by atoms with E-state index in [0.717, 1.165) is 32.4 Å². The summed E-state index contributed by atoms with van der Waals surface area (Å²) in [6.07, 6.45) is 6.22. The van der Waals surface area contributed by atoms with E-state index in [9.17, 15) is 8.42 Å². The predicted molar refractivity (Wildman–Crippen MR) is 84.2 cm³/mol. The molecule has 0 amide bonds. The van der Waals surface area contributed by atoms with Crippen molar-refractivity contribution in [3.8, 4) is 0 Å². The first-order valence-corrected chi connectivity index (χ1v) is 8.94. The van der Waals surface area contributed by atoms with Crippen molar-refractivity contribution >= 4 is 15.9 Å². The molecular formula is C14H24N4O2S. The number of anilines is 1. The lowest BCUT2D eigenvalue weighted by molar-refractivity contribution is 0.261. The molecule has 2 rings (SSSR count). The normalized spacial score (nSPS) is 20.3. The molecule has 1 aromatic heterocycles. The van der Waals surface area contributed by atoms with E-state index in [1.54, 1.807) is 22.6 Å². The smallest absolute Gasteiger partial charge is 0.301 e. The van der Waals surface area contributed by atoms with E-state index in [1.807, 2.05) is 0 Å². The van der Waals surface area contributed by atoms with Gasteiger partial charge in [0.15, 0.2) is 0 Å². The fourth-order valence-electron chi connectivity index (χ4n) is 2.53. The van der Waals surface area contributed by atoms with E-state index in [-0.39, 0.29) is 0 Å². The number of nitrogens with zero attached hydrogens (tertiary/aromatic N) is 2. The Bertz CT molecular complexity index is 521. The van der Waals surface area contributed by atoms with Gasteiger partial charge in [-0.25, -0.2) is 0 Å². The Kier molecular flexibility index (Phi) is 5.96. The predicted octanol–water partition coefficient (Wildman–Crippen LogP) is 1.45. The van der Waals surface area contributed by atoms with E-state index in [4.69, 9.17) is 0 Å². The average Bonchev–Trinajstić information content (AvgIpc) is 2.48. The number of hydrogen-bond acceptors (Lipinski definition) is 4. The van der Waals surface area contributed by atoms with Crippen molar-refractivity contribution in [3.63, 3.8) is 0 Å². The van der Waals surface area contributed by atoms with Crippen molar-refractivity contribution in [2.75, 3.05) is 30.9 Å². The zero-order valence-electron chi connectivity index (χ0n) is 12.5. The number of piperidine rings is 1. The minimum atomic E-state index is -3.48. The highest BCUT2D eigenvalue weighted by molar-refractivity contribution is 7.90. The topological polar surface area (TPSA) is 74.3 Å². The largest absolute Gasteiger partial charge is 0.316 e. The summed E-state index contributed by atoms with van der Waals surface area (Å²) >= 11 is 0. The van der Waals surface area contributed by atoms with Crippen molar-refractivity contribution in [2.45, 2.75) is 26.2 Å². The van der Waals surface area contributed by atoms with Gasteiger partial charge in [-0.2, -0.15) is 12.7 Å². The van der Waals surface area contributed by atoms with Gasteiger partial charge in [0.1, 0.15) is 0 Å². The maximum absolute atomic E-state index is 12.4. The first kappa shape index (κ1) is 16.2. The van der Waals surface area contributed by atoms with Crippen LogP contribution < -0.4 is 10.0 Å². The lowest BCUT2D eigenvalue weighted by Gasteiger charge is -2.32. The molecule has 1 fully saturated rings. The molecule has 21 heavy (non-hydrogen) atoms. The Balaban J connectivity index is 1.93. The molecule has 0 aliphatic carbocycles. The maximum Gasteiger partial charge on any atom is 0.301 e. The second kappa shape index (κ2) is 7.72. The van der Waals surface area contributed by atoms with Gasteiger partial charge in [-0.1, -0.05) is 6.92 Å². The van der Waals surface area contributed by atoms with Crippen molar-refractivity contribution in [3.05, 3.63) is 24.5 Å². The molecule has 118 valence electrons. The van der Waals surface area contributed by atoms with Gasteiger partial charge in [0, 0.05) is 19.3 Å². The zero-order valence-corrected chi connectivity index (χ0v) is 13.3. The van der Waals surface area contributed by atoms with Crippen LogP contribution in [0.15, 0.2) is 24.5 Å². The standard InChI is InChI=1S/C14H24N4O2S/c1-2-7-15-10-13-5-4-9-18(12-13)21(19,20)17-14-6-3-8-16-11-14/h3,6,8,11,13,15,17H,2,4-5,7,9-10,12H2,1H3. The van der Waals surface area contributed by atoms with Crippen molar-refractivity contribution in [1.29, 1.82) is 0 Å². The quantitative estimate of drug-likeness (QED) is 0.747. The molecule has 0 saturated carbocycles. The van der Waals surface area contributed by atoms with Gasteiger partial charge in [-0.05, 0) is 50.4 Å². The van der Waals surface area contributed by atoms with Gasteiger partial charge in [0.05, 0.1) is 11.9 Å². The zero-order chi connectivity index (χ0) is 15.1. The lowest BCUT2D eigenvalue weighted by atomic mass is 10.00. The van der Waals surface area contributed by atoms with E-state index in [1.165, 1.54) is 6.20 Å². The van der Waals surface area contributed by atoms with Crippen LogP contribution >= 0.6 is 0 Å². The summed E-state index contributed by atoms with van der Waals surface area (Å²) in [5, 5.41) is 3.37. The van der Waals surface area contributed by atoms with Gasteiger partial charge in [-0.15, -0.1) is 0 Å². The Morgan fingerprint density at radius 2 is 2.33 bits per heavy atom. The Morgan fingerprint density at radius 1 is 1.48 bits per heavy atom. The van der Waals surface area contributed by atoms with Crippen LogP contribution in [0.5, 0.6) is 0 Å². The lowest BCUT2D eigenvalue weighted by Crippen LogP contribution is -2.45. The van der Waals surface area contributed by atoms with Gasteiger partial charge in [0.2, 0.25) is 0 Å². The first-order valence-electron chi connectivity index (χ1n) is 7.50. The molecule has 0 bridgehead atoms. The summed E-state index contributed by atoms with van der Waals surface area (Å²) in [6, 6.07) is 3.42. The minimum absolute atomic E-state index is 0.385. The number of pyridine rings is 1. The van der Waals surface area contributed by atoms with Crippen LogP contribution in [0.3, 0.4) is 0 Å². The van der Waals surface area contributed by atoms with Crippen LogP contribution in [0.2, 0.25) is 0 Å². The first-order chi connectivity index (χ1) is 10.1. The molecule has 7 heteroatoms. The Hall–Kier alpha value is -1.18. The highest BCUT2D eigenvalue weighted by Gasteiger charge is 2.28. The van der Waals surface area contributed by atoms with E-state index < -0.39 is 10.2 Å². The van der Waals surface area contributed by atoms with Crippen molar-refractivity contribution in [2.24, 2.45) is 5.92 Å². The number of hydrogen-bond donors (Lipinski definition) is 2. The van der Waals surface area contributed by atoms with Gasteiger partial charge in [0.25, 0.3) is 0 Å². The summed E-state index contributed by atoms with van der Waals surface area (Å²) in [6.45, 7) is 5.15. The number of nitrogens with one attached hydrogen (secondary N) is 2. The Morgan fingerprint density at radius 3 is 3.05 bits per heavy atom. The minimum Gasteiger partial charge on any atom is -0.316 e. The highest BCUT2D eigenvalue weighted by Crippen LogP contribution is 2.20. The van der Waals surface area contributed by atoms with E-state index in [2.05, 4.69) is 21.9 Å². The fourth-order valence-corrected chi connectivity index (χ4v) is 3.86. The molecule has 0 spiro atoms. The molecule has 2 heterocycles. The third kappa shape index (κ3) is 4.94. The summed E-state index contributed by atoms with van der Waals surface area (Å²) in [4.78, 5) is 3.92. The van der Waals surface area contributed by atoms with Crippen LogP contribution in [0.4, 0.5) is 5.69 Å². The second-order valence-corrected chi connectivity index (χ2v) is 7.09. The van der Waals surface area contributed by atoms with Gasteiger partial charge >= 0.3 is 10.2 Å². The summed E-state index contributed by atoms with van der Waals surface area (Å²) in [5.74, 6) is 0.385. The summed E-state index contributed by atoms with van der Waals surface area (Å²) < 4.78 is 28.9. The van der Waals surface area contributed by atoms with Crippen LogP contribution in [-0.4, -0.2) is 43.9 Å². The highest BCUT2D eigenvalue weighted by atomic mass is 32.2. The van der Waals surface area contributed by atoms with Crippen LogP contribution in [0.25, 0.3) is 0 Å². The fraction of sp³-hybridized carbons (Fsp3) is 0.643. The third-order valence-electron chi connectivity index (χ3n) is 3.59. The van der Waals surface area contributed by atoms with Crippen molar-refractivity contribution in [1.82, 2.24) is 14.6 Å². The molecule has 2 N–H and O–H groups in total. The van der Waals surface area contributed by atoms with Gasteiger partial charge in [-0.3, -0.25) is 9.71 Å². The molecule has 1 unspecified atom stereocenters. The van der Waals surface area contributed by atoms with Crippen LogP contribution in [0, 0.1) is 5.92 Å². The average molecular weight is 312 g/mol. The molecule has 1 atom stereocenters. The van der Waals surface area contributed by atoms with Crippen molar-refractivity contribution < 1.29 is 8.42 Å². The molecule has 0 aromatic carbocycles. The monoisotopic (exact) mass is 312 g/mol. The van der Waals surface area contributed by atoms with E-state index >= 15 is 0 Å². The third-order valence-corrected chi connectivity index (χ3v) is 5.09.